The van der Waals surface area contributed by atoms with Gasteiger partial charge in [0, 0.05) is 25.7 Å². The average molecular weight is 373 g/mol. The highest BCUT2D eigenvalue weighted by atomic mass is 32.2. The lowest BCUT2D eigenvalue weighted by molar-refractivity contribution is -0.144. The maximum absolute atomic E-state index is 13.1. The fraction of sp³-hybridized carbons (Fsp3) is 0.619. The molecule has 0 radical (unpaired) electrons. The van der Waals surface area contributed by atoms with E-state index >= 15 is 0 Å². The third kappa shape index (κ3) is 3.51. The number of amides is 2. The SMILES string of the molecule is CSCC(=O)N1CCC2(CC1)CC(c1ccccc1)C(=O)N(C1CC1)C2. The predicted octanol–water partition coefficient (Wildman–Crippen LogP) is 3.14. The van der Waals surface area contributed by atoms with Crippen LogP contribution in [0.4, 0.5) is 0 Å². The van der Waals surface area contributed by atoms with Crippen LogP contribution < -0.4 is 0 Å². The van der Waals surface area contributed by atoms with Gasteiger partial charge in [-0.2, -0.15) is 11.8 Å². The molecule has 2 saturated heterocycles. The number of thioether (sulfide) groups is 1. The third-order valence-corrected chi connectivity index (χ3v) is 6.89. The molecule has 1 aliphatic carbocycles. The maximum Gasteiger partial charge on any atom is 0.232 e. The Morgan fingerprint density at radius 2 is 1.88 bits per heavy atom. The van der Waals surface area contributed by atoms with E-state index < -0.39 is 0 Å². The van der Waals surface area contributed by atoms with Crippen LogP contribution in [0.5, 0.6) is 0 Å². The lowest BCUT2D eigenvalue weighted by Gasteiger charge is -2.50. The highest BCUT2D eigenvalue weighted by Crippen LogP contribution is 2.48. The fourth-order valence-corrected chi connectivity index (χ4v) is 5.10. The second-order valence-electron chi connectivity index (χ2n) is 8.18. The summed E-state index contributed by atoms with van der Waals surface area (Å²) in [7, 11) is 0. The van der Waals surface area contributed by atoms with E-state index in [1.807, 2.05) is 29.4 Å². The predicted molar refractivity (Wildman–Crippen MR) is 105 cm³/mol. The summed E-state index contributed by atoms with van der Waals surface area (Å²) in [6.07, 6.45) is 7.26. The Kier molecular flexibility index (Phi) is 5.00. The molecule has 1 aromatic rings. The van der Waals surface area contributed by atoms with E-state index in [4.69, 9.17) is 0 Å². The van der Waals surface area contributed by atoms with Crippen molar-refractivity contribution in [2.45, 2.75) is 44.1 Å². The normalized spacial score (nSPS) is 25.6. The van der Waals surface area contributed by atoms with Crippen LogP contribution in [0.3, 0.4) is 0 Å². The largest absolute Gasteiger partial charge is 0.342 e. The van der Waals surface area contributed by atoms with Gasteiger partial charge < -0.3 is 9.80 Å². The lowest BCUT2D eigenvalue weighted by atomic mass is 9.67. The van der Waals surface area contributed by atoms with Crippen molar-refractivity contribution in [1.29, 1.82) is 0 Å². The van der Waals surface area contributed by atoms with Gasteiger partial charge in [-0.05, 0) is 49.3 Å². The molecule has 3 aliphatic rings. The van der Waals surface area contributed by atoms with Gasteiger partial charge in [-0.1, -0.05) is 30.3 Å². The number of hydrogen-bond donors (Lipinski definition) is 0. The van der Waals surface area contributed by atoms with Crippen LogP contribution in [-0.4, -0.2) is 59.3 Å². The van der Waals surface area contributed by atoms with Crippen LogP contribution >= 0.6 is 11.8 Å². The molecule has 4 nitrogen and oxygen atoms in total. The molecule has 1 aromatic carbocycles. The number of likely N-dealkylation sites (tertiary alicyclic amines) is 2. The first-order valence-electron chi connectivity index (χ1n) is 9.74. The monoisotopic (exact) mass is 372 g/mol. The summed E-state index contributed by atoms with van der Waals surface area (Å²) < 4.78 is 0. The number of piperidine rings is 2. The van der Waals surface area contributed by atoms with Crippen LogP contribution in [0.2, 0.25) is 0 Å². The molecule has 0 N–H and O–H groups in total. The zero-order chi connectivity index (χ0) is 18.1. The Bertz CT molecular complexity index is 666. The van der Waals surface area contributed by atoms with Crippen LogP contribution in [-0.2, 0) is 9.59 Å². The Balaban J connectivity index is 1.53. The quantitative estimate of drug-likeness (QED) is 0.815. The molecule has 1 spiro atoms. The van der Waals surface area contributed by atoms with Crippen molar-refractivity contribution in [3.8, 4) is 0 Å². The molecule has 2 aliphatic heterocycles. The third-order valence-electron chi connectivity index (χ3n) is 6.36. The van der Waals surface area contributed by atoms with Crippen LogP contribution in [0.1, 0.15) is 43.6 Å². The standard InChI is InChI=1S/C21H28N2O2S/c1-26-14-19(24)22-11-9-21(10-12-22)13-18(16-5-3-2-4-6-16)20(25)23(15-21)17-7-8-17/h2-6,17-18H,7-15H2,1H3. The summed E-state index contributed by atoms with van der Waals surface area (Å²) in [5.41, 5.74) is 1.33. The van der Waals surface area contributed by atoms with Crippen molar-refractivity contribution in [2.24, 2.45) is 5.41 Å². The van der Waals surface area contributed by atoms with Crippen molar-refractivity contribution in [2.75, 3.05) is 31.6 Å². The zero-order valence-corrected chi connectivity index (χ0v) is 16.3. The lowest BCUT2D eigenvalue weighted by Crippen LogP contribution is -2.55. The molecule has 5 heteroatoms. The first kappa shape index (κ1) is 17.9. The number of benzene rings is 1. The summed E-state index contributed by atoms with van der Waals surface area (Å²) in [4.78, 5) is 29.6. The van der Waals surface area contributed by atoms with Crippen molar-refractivity contribution in [3.05, 3.63) is 35.9 Å². The van der Waals surface area contributed by atoms with Gasteiger partial charge in [-0.15, -0.1) is 0 Å². The van der Waals surface area contributed by atoms with E-state index in [-0.39, 0.29) is 17.2 Å². The highest BCUT2D eigenvalue weighted by Gasteiger charge is 2.49. The van der Waals surface area contributed by atoms with Crippen LogP contribution in [0.15, 0.2) is 30.3 Å². The van der Waals surface area contributed by atoms with Gasteiger partial charge in [0.2, 0.25) is 11.8 Å². The smallest absolute Gasteiger partial charge is 0.232 e. The van der Waals surface area contributed by atoms with E-state index in [9.17, 15) is 9.59 Å². The van der Waals surface area contributed by atoms with Gasteiger partial charge in [0.15, 0.2) is 0 Å². The molecule has 1 atom stereocenters. The molecule has 1 unspecified atom stereocenters. The topological polar surface area (TPSA) is 40.6 Å². The Morgan fingerprint density at radius 1 is 1.19 bits per heavy atom. The minimum Gasteiger partial charge on any atom is -0.342 e. The molecule has 3 fully saturated rings. The van der Waals surface area contributed by atoms with Gasteiger partial charge in [-0.3, -0.25) is 9.59 Å². The van der Waals surface area contributed by atoms with Gasteiger partial charge in [0.1, 0.15) is 0 Å². The van der Waals surface area contributed by atoms with Gasteiger partial charge in [0.25, 0.3) is 0 Å². The fourth-order valence-electron chi connectivity index (χ4n) is 4.67. The molecule has 0 aromatic heterocycles. The summed E-state index contributed by atoms with van der Waals surface area (Å²) >= 11 is 1.60. The van der Waals surface area contributed by atoms with E-state index in [0.29, 0.717) is 17.7 Å². The van der Waals surface area contributed by atoms with Crippen molar-refractivity contribution >= 4 is 23.6 Å². The summed E-state index contributed by atoms with van der Waals surface area (Å²) in [6, 6.07) is 10.8. The molecule has 140 valence electrons. The second kappa shape index (κ2) is 7.26. The summed E-state index contributed by atoms with van der Waals surface area (Å²) in [6.45, 7) is 2.57. The molecular formula is C21H28N2O2S. The summed E-state index contributed by atoms with van der Waals surface area (Å²) in [5, 5.41) is 0. The van der Waals surface area contributed by atoms with Crippen LogP contribution in [0.25, 0.3) is 0 Å². The minimum atomic E-state index is -0.0148. The molecule has 4 rings (SSSR count). The second-order valence-corrected chi connectivity index (χ2v) is 9.04. The number of nitrogens with zero attached hydrogens (tertiary/aromatic N) is 2. The number of rotatable bonds is 4. The minimum absolute atomic E-state index is 0.0148. The number of carbonyl (C=O) groups excluding carboxylic acids is 2. The van der Waals surface area contributed by atoms with E-state index in [0.717, 1.165) is 57.3 Å². The molecule has 2 heterocycles. The molecule has 1 saturated carbocycles. The van der Waals surface area contributed by atoms with Gasteiger partial charge >= 0.3 is 0 Å². The molecule has 0 bridgehead atoms. The van der Waals surface area contributed by atoms with E-state index in [1.165, 1.54) is 0 Å². The Morgan fingerprint density at radius 3 is 2.50 bits per heavy atom. The number of hydrogen-bond acceptors (Lipinski definition) is 3. The van der Waals surface area contributed by atoms with Gasteiger partial charge in [0.05, 0.1) is 11.7 Å². The Hall–Kier alpha value is -1.49. The summed E-state index contributed by atoms with van der Waals surface area (Å²) in [5.74, 6) is 1.15. The average Bonchev–Trinajstić information content (AvgIpc) is 3.50. The maximum atomic E-state index is 13.1. The van der Waals surface area contributed by atoms with E-state index in [2.05, 4.69) is 17.0 Å². The zero-order valence-electron chi connectivity index (χ0n) is 15.5. The Labute approximate surface area is 160 Å². The van der Waals surface area contributed by atoms with Crippen molar-refractivity contribution in [3.63, 3.8) is 0 Å². The van der Waals surface area contributed by atoms with Crippen molar-refractivity contribution < 1.29 is 9.59 Å². The highest BCUT2D eigenvalue weighted by molar-refractivity contribution is 7.99. The number of carbonyl (C=O) groups is 2. The molecule has 26 heavy (non-hydrogen) atoms. The van der Waals surface area contributed by atoms with E-state index in [1.54, 1.807) is 11.8 Å². The van der Waals surface area contributed by atoms with Crippen molar-refractivity contribution in [1.82, 2.24) is 9.80 Å². The molecular weight excluding hydrogens is 344 g/mol. The molecule has 2 amide bonds. The first-order valence-corrected chi connectivity index (χ1v) is 11.1. The van der Waals surface area contributed by atoms with Crippen LogP contribution in [0, 0.1) is 5.41 Å². The first-order chi connectivity index (χ1) is 12.6. The van der Waals surface area contributed by atoms with Gasteiger partial charge in [-0.25, -0.2) is 0 Å².